The number of nitrogens with two attached hydrogens (primary N) is 1. The molecule has 3 rings (SSSR count). The largest absolute Gasteiger partial charge is 0.489 e. The predicted octanol–water partition coefficient (Wildman–Crippen LogP) is 5.53. The third kappa shape index (κ3) is 4.12. The lowest BCUT2D eigenvalue weighted by Crippen LogP contribution is -2.08. The molecule has 5 heteroatoms. The molecule has 0 aliphatic heterocycles. The predicted molar refractivity (Wildman–Crippen MR) is 92.1 cm³/mol. The molecule has 2 N–H and O–H groups in total. The number of alkyl halides is 3. The third-order valence-corrected chi connectivity index (χ3v) is 3.79. The Morgan fingerprint density at radius 1 is 0.800 bits per heavy atom. The molecule has 3 aromatic carbocycles. The fraction of sp³-hybridized carbons (Fsp3) is 0.100. The summed E-state index contributed by atoms with van der Waals surface area (Å²) in [6.07, 6.45) is -4.47. The molecule has 0 heterocycles. The summed E-state index contributed by atoms with van der Waals surface area (Å²) < 4.78 is 44.6. The van der Waals surface area contributed by atoms with Crippen molar-refractivity contribution in [2.24, 2.45) is 0 Å². The molecule has 0 aliphatic carbocycles. The van der Waals surface area contributed by atoms with Gasteiger partial charge in [-0.2, -0.15) is 13.2 Å². The van der Waals surface area contributed by atoms with Gasteiger partial charge in [0.25, 0.3) is 0 Å². The highest BCUT2D eigenvalue weighted by molar-refractivity contribution is 5.68. The first kappa shape index (κ1) is 16.9. The van der Waals surface area contributed by atoms with Crippen LogP contribution in [0.25, 0.3) is 11.1 Å². The zero-order valence-electron chi connectivity index (χ0n) is 13.3. The Labute approximate surface area is 143 Å². The van der Waals surface area contributed by atoms with Crippen molar-refractivity contribution in [1.82, 2.24) is 0 Å². The van der Waals surface area contributed by atoms with Gasteiger partial charge in [0, 0.05) is 5.69 Å². The van der Waals surface area contributed by atoms with Gasteiger partial charge in [0.1, 0.15) is 12.4 Å². The summed E-state index contributed by atoms with van der Waals surface area (Å²) >= 11 is 0. The van der Waals surface area contributed by atoms with E-state index in [0.29, 0.717) is 23.5 Å². The maximum atomic E-state index is 13.0. The van der Waals surface area contributed by atoms with Crippen LogP contribution in [-0.2, 0) is 12.8 Å². The molecule has 2 nitrogen and oxygen atoms in total. The first-order chi connectivity index (χ1) is 11.9. The second-order valence-corrected chi connectivity index (χ2v) is 5.60. The van der Waals surface area contributed by atoms with Gasteiger partial charge in [-0.3, -0.25) is 0 Å². The molecule has 0 bridgehead atoms. The smallest absolute Gasteiger partial charge is 0.418 e. The average molecular weight is 343 g/mol. The van der Waals surface area contributed by atoms with Crippen LogP contribution in [0.1, 0.15) is 11.1 Å². The number of nitrogen functional groups attached to an aromatic ring is 1. The Kier molecular flexibility index (Phi) is 4.65. The minimum atomic E-state index is -4.47. The monoisotopic (exact) mass is 343 g/mol. The Balaban J connectivity index is 1.76. The van der Waals surface area contributed by atoms with E-state index in [1.54, 1.807) is 30.3 Å². The second kappa shape index (κ2) is 6.89. The summed E-state index contributed by atoms with van der Waals surface area (Å²) in [5.41, 5.74) is 6.49. The van der Waals surface area contributed by atoms with Crippen LogP contribution in [0.5, 0.6) is 5.75 Å². The molecule has 0 saturated carbocycles. The summed E-state index contributed by atoms with van der Waals surface area (Å²) in [7, 11) is 0. The van der Waals surface area contributed by atoms with Crippen LogP contribution < -0.4 is 10.5 Å². The van der Waals surface area contributed by atoms with Gasteiger partial charge in [-0.15, -0.1) is 0 Å². The highest BCUT2D eigenvalue weighted by atomic mass is 19.4. The molecular formula is C20H16F3NO. The summed E-state index contributed by atoms with van der Waals surface area (Å²) in [6.45, 7) is 0.431. The number of anilines is 1. The molecule has 0 amide bonds. The fourth-order valence-corrected chi connectivity index (χ4v) is 2.47. The van der Waals surface area contributed by atoms with Crippen LogP contribution in [0.3, 0.4) is 0 Å². The molecular weight excluding hydrogens is 327 g/mol. The van der Waals surface area contributed by atoms with Crippen LogP contribution in [0.2, 0.25) is 0 Å². The van der Waals surface area contributed by atoms with Crippen molar-refractivity contribution >= 4 is 5.69 Å². The van der Waals surface area contributed by atoms with Gasteiger partial charge in [-0.1, -0.05) is 48.5 Å². The Hall–Kier alpha value is -2.95. The van der Waals surface area contributed by atoms with Crippen molar-refractivity contribution in [2.75, 3.05) is 5.73 Å². The van der Waals surface area contributed by atoms with E-state index in [-0.39, 0.29) is 5.69 Å². The van der Waals surface area contributed by atoms with Gasteiger partial charge in [0.2, 0.25) is 0 Å². The number of ether oxygens (including phenoxy) is 1. The first-order valence-electron chi connectivity index (χ1n) is 7.67. The standard InChI is InChI=1S/C20H16F3NO/c21-20(22,23)18-12-16(8-11-19(18)24)15-6-9-17(10-7-15)25-13-14-4-2-1-3-5-14/h1-12H,13,24H2. The molecule has 0 saturated heterocycles. The van der Waals surface area contributed by atoms with Gasteiger partial charge in [0.15, 0.2) is 0 Å². The number of hydrogen-bond donors (Lipinski definition) is 1. The number of benzene rings is 3. The van der Waals surface area contributed by atoms with E-state index in [9.17, 15) is 13.2 Å². The molecule has 0 radical (unpaired) electrons. The Bertz CT molecular complexity index is 843. The van der Waals surface area contributed by atoms with Crippen LogP contribution in [0, 0.1) is 0 Å². The Morgan fingerprint density at radius 2 is 1.44 bits per heavy atom. The van der Waals surface area contributed by atoms with Gasteiger partial charge in [0.05, 0.1) is 5.56 Å². The van der Waals surface area contributed by atoms with Crippen molar-refractivity contribution in [2.45, 2.75) is 12.8 Å². The highest BCUT2D eigenvalue weighted by Gasteiger charge is 2.33. The molecule has 0 spiro atoms. The van der Waals surface area contributed by atoms with Gasteiger partial charge >= 0.3 is 6.18 Å². The van der Waals surface area contributed by atoms with E-state index >= 15 is 0 Å². The lowest BCUT2D eigenvalue weighted by molar-refractivity contribution is -0.136. The SMILES string of the molecule is Nc1ccc(-c2ccc(OCc3ccccc3)cc2)cc1C(F)(F)F. The maximum Gasteiger partial charge on any atom is 0.418 e. The molecule has 128 valence electrons. The minimum absolute atomic E-state index is 0.279. The summed E-state index contributed by atoms with van der Waals surface area (Å²) in [4.78, 5) is 0. The van der Waals surface area contributed by atoms with Crippen molar-refractivity contribution in [3.63, 3.8) is 0 Å². The van der Waals surface area contributed by atoms with Crippen molar-refractivity contribution in [3.05, 3.63) is 83.9 Å². The van der Waals surface area contributed by atoms with Crippen molar-refractivity contribution in [1.29, 1.82) is 0 Å². The molecule has 3 aromatic rings. The van der Waals surface area contributed by atoms with Crippen molar-refractivity contribution < 1.29 is 17.9 Å². The zero-order chi connectivity index (χ0) is 17.9. The highest BCUT2D eigenvalue weighted by Crippen LogP contribution is 2.36. The van der Waals surface area contributed by atoms with E-state index in [4.69, 9.17) is 10.5 Å². The van der Waals surface area contributed by atoms with Crippen LogP contribution >= 0.6 is 0 Å². The van der Waals surface area contributed by atoms with E-state index in [0.717, 1.165) is 11.6 Å². The van der Waals surface area contributed by atoms with Gasteiger partial charge in [-0.25, -0.2) is 0 Å². The third-order valence-electron chi connectivity index (χ3n) is 3.79. The van der Waals surface area contributed by atoms with E-state index < -0.39 is 11.7 Å². The number of hydrogen-bond acceptors (Lipinski definition) is 2. The summed E-state index contributed by atoms with van der Waals surface area (Å²) in [5.74, 6) is 0.652. The first-order valence-corrected chi connectivity index (χ1v) is 7.67. The second-order valence-electron chi connectivity index (χ2n) is 5.60. The lowest BCUT2D eigenvalue weighted by Gasteiger charge is -2.12. The van der Waals surface area contributed by atoms with E-state index in [1.165, 1.54) is 6.07 Å². The topological polar surface area (TPSA) is 35.2 Å². The summed E-state index contributed by atoms with van der Waals surface area (Å²) in [5, 5.41) is 0. The maximum absolute atomic E-state index is 13.0. The number of halogens is 3. The lowest BCUT2D eigenvalue weighted by atomic mass is 10.0. The summed E-state index contributed by atoms with van der Waals surface area (Å²) in [6, 6.07) is 20.6. The van der Waals surface area contributed by atoms with E-state index in [1.807, 2.05) is 30.3 Å². The quantitative estimate of drug-likeness (QED) is 0.632. The normalized spacial score (nSPS) is 11.3. The van der Waals surface area contributed by atoms with Gasteiger partial charge < -0.3 is 10.5 Å². The van der Waals surface area contributed by atoms with Crippen LogP contribution in [-0.4, -0.2) is 0 Å². The fourth-order valence-electron chi connectivity index (χ4n) is 2.47. The molecule has 0 aromatic heterocycles. The molecule has 0 unspecified atom stereocenters. The minimum Gasteiger partial charge on any atom is -0.489 e. The Morgan fingerprint density at radius 3 is 2.08 bits per heavy atom. The molecule has 0 fully saturated rings. The van der Waals surface area contributed by atoms with Crippen molar-refractivity contribution in [3.8, 4) is 16.9 Å². The average Bonchev–Trinajstić information content (AvgIpc) is 2.61. The van der Waals surface area contributed by atoms with Crippen LogP contribution in [0.4, 0.5) is 18.9 Å². The molecule has 0 atom stereocenters. The van der Waals surface area contributed by atoms with E-state index in [2.05, 4.69) is 0 Å². The zero-order valence-corrected chi connectivity index (χ0v) is 13.3. The number of rotatable bonds is 4. The molecule has 25 heavy (non-hydrogen) atoms. The molecule has 0 aliphatic rings. The van der Waals surface area contributed by atoms with Crippen LogP contribution in [0.15, 0.2) is 72.8 Å². The van der Waals surface area contributed by atoms with Gasteiger partial charge in [-0.05, 0) is 41.0 Å².